The van der Waals surface area contributed by atoms with Crippen LogP contribution in [0.1, 0.15) is 43.7 Å². The highest BCUT2D eigenvalue weighted by Crippen LogP contribution is 2.38. The zero-order chi connectivity index (χ0) is 24.4. The summed E-state index contributed by atoms with van der Waals surface area (Å²) in [6.45, 7) is 1.66. The van der Waals surface area contributed by atoms with Crippen molar-refractivity contribution in [1.82, 2.24) is 4.98 Å². The molecule has 1 aromatic carbocycles. The van der Waals surface area contributed by atoms with E-state index in [0.717, 1.165) is 11.3 Å². The third-order valence-electron chi connectivity index (χ3n) is 4.89. The number of primary amides is 1. The topological polar surface area (TPSA) is 117 Å². The number of carbonyl (C=O) groups excluding carboxylic acids is 2. The van der Waals surface area contributed by atoms with Crippen LogP contribution in [0.15, 0.2) is 46.9 Å². The molecule has 4 aromatic rings. The first kappa shape index (κ1) is 23.2. The van der Waals surface area contributed by atoms with Crippen molar-refractivity contribution in [3.8, 4) is 11.5 Å². The van der Waals surface area contributed by atoms with Gasteiger partial charge in [0.15, 0.2) is 5.76 Å². The fourth-order valence-corrected chi connectivity index (χ4v) is 4.36. The first-order valence-corrected chi connectivity index (χ1v) is 10.8. The number of aromatic nitrogens is 1. The minimum atomic E-state index is -2.78. The fourth-order valence-electron chi connectivity index (χ4n) is 3.29. The lowest BCUT2D eigenvalue weighted by Gasteiger charge is -2.07. The number of thiophene rings is 1. The number of nitrogens with one attached hydrogen (secondary N) is 1. The zero-order valence-electron chi connectivity index (χ0n) is 18.1. The van der Waals surface area contributed by atoms with Crippen LogP contribution in [0.25, 0.3) is 10.2 Å². The van der Waals surface area contributed by atoms with Gasteiger partial charge in [0.05, 0.1) is 12.8 Å². The minimum Gasteiger partial charge on any atom is -0.497 e. The molecule has 8 nitrogen and oxygen atoms in total. The second-order valence-corrected chi connectivity index (χ2v) is 8.20. The molecule has 0 saturated heterocycles. The van der Waals surface area contributed by atoms with E-state index in [4.69, 9.17) is 19.6 Å². The second kappa shape index (κ2) is 9.48. The number of nitrogens with two attached hydrogens (primary N) is 1. The van der Waals surface area contributed by atoms with Gasteiger partial charge in [-0.1, -0.05) is 0 Å². The Labute approximate surface area is 196 Å². The van der Waals surface area contributed by atoms with Crippen LogP contribution in [-0.2, 0) is 6.61 Å². The molecule has 0 spiro atoms. The van der Waals surface area contributed by atoms with Crippen molar-refractivity contribution in [2.24, 2.45) is 5.73 Å². The maximum atomic E-state index is 13.1. The smallest absolute Gasteiger partial charge is 0.291 e. The Morgan fingerprint density at radius 3 is 2.53 bits per heavy atom. The Hall–Kier alpha value is -3.99. The largest absolute Gasteiger partial charge is 0.497 e. The molecule has 4 rings (SSSR count). The van der Waals surface area contributed by atoms with Crippen molar-refractivity contribution >= 4 is 39.1 Å². The quantitative estimate of drug-likeness (QED) is 0.358. The van der Waals surface area contributed by atoms with Crippen molar-refractivity contribution in [3.63, 3.8) is 0 Å². The Kier molecular flexibility index (Phi) is 6.46. The van der Waals surface area contributed by atoms with Gasteiger partial charge in [0.2, 0.25) is 0 Å². The predicted molar refractivity (Wildman–Crippen MR) is 122 cm³/mol. The van der Waals surface area contributed by atoms with E-state index in [1.807, 2.05) is 0 Å². The van der Waals surface area contributed by atoms with E-state index in [1.54, 1.807) is 44.4 Å². The van der Waals surface area contributed by atoms with E-state index in [-0.39, 0.29) is 27.8 Å². The third kappa shape index (κ3) is 4.69. The molecule has 0 aliphatic carbocycles. The number of benzene rings is 1. The number of alkyl halides is 2. The van der Waals surface area contributed by atoms with Gasteiger partial charge >= 0.3 is 0 Å². The third-order valence-corrected chi connectivity index (χ3v) is 5.99. The molecule has 11 heteroatoms. The summed E-state index contributed by atoms with van der Waals surface area (Å²) in [4.78, 5) is 28.9. The molecule has 0 atom stereocenters. The molecular weight excluding hydrogens is 468 g/mol. The van der Waals surface area contributed by atoms with E-state index in [0.29, 0.717) is 28.2 Å². The summed E-state index contributed by atoms with van der Waals surface area (Å²) < 4.78 is 42.6. The Bertz CT molecular complexity index is 1370. The monoisotopic (exact) mass is 487 g/mol. The van der Waals surface area contributed by atoms with Crippen LogP contribution in [0.4, 0.5) is 14.5 Å². The van der Waals surface area contributed by atoms with Gasteiger partial charge in [0.25, 0.3) is 18.2 Å². The summed E-state index contributed by atoms with van der Waals surface area (Å²) in [5.74, 6) is 0.185. The normalized spacial score (nSPS) is 11.1. The van der Waals surface area contributed by atoms with Crippen LogP contribution in [0, 0.1) is 6.92 Å². The van der Waals surface area contributed by atoms with E-state index in [2.05, 4.69) is 10.3 Å². The van der Waals surface area contributed by atoms with Gasteiger partial charge in [-0.15, -0.1) is 11.3 Å². The van der Waals surface area contributed by atoms with E-state index in [1.165, 1.54) is 12.1 Å². The predicted octanol–water partition coefficient (Wildman–Crippen LogP) is 5.07. The van der Waals surface area contributed by atoms with E-state index >= 15 is 0 Å². The summed E-state index contributed by atoms with van der Waals surface area (Å²) in [5.41, 5.74) is 5.56. The summed E-state index contributed by atoms with van der Waals surface area (Å²) >= 11 is 0.835. The summed E-state index contributed by atoms with van der Waals surface area (Å²) in [6.07, 6.45) is -2.78. The molecule has 3 N–H and O–H groups in total. The highest BCUT2D eigenvalue weighted by Gasteiger charge is 2.24. The number of methoxy groups -OCH3 is 1. The molecule has 0 aliphatic rings. The summed E-state index contributed by atoms with van der Waals surface area (Å²) in [5, 5.41) is 2.98. The van der Waals surface area contributed by atoms with Crippen molar-refractivity contribution in [2.75, 3.05) is 12.4 Å². The minimum absolute atomic E-state index is 0.0000139. The van der Waals surface area contributed by atoms with E-state index in [9.17, 15) is 18.4 Å². The first-order valence-electron chi connectivity index (χ1n) is 9.95. The number of amides is 2. The fraction of sp³-hybridized carbons (Fsp3) is 0.174. The molecule has 0 radical (unpaired) electrons. The molecule has 0 fully saturated rings. The number of aryl methyl sites for hydroxylation is 1. The van der Waals surface area contributed by atoms with Crippen LogP contribution in [-0.4, -0.2) is 23.9 Å². The molecule has 176 valence electrons. The number of rotatable bonds is 8. The number of nitrogens with zero attached hydrogens (tertiary/aromatic N) is 1. The second-order valence-electron chi connectivity index (χ2n) is 7.20. The molecule has 0 aliphatic heterocycles. The van der Waals surface area contributed by atoms with Crippen LogP contribution in [0.5, 0.6) is 11.5 Å². The van der Waals surface area contributed by atoms with Crippen molar-refractivity contribution in [1.29, 1.82) is 0 Å². The van der Waals surface area contributed by atoms with Gasteiger partial charge in [0, 0.05) is 5.39 Å². The van der Waals surface area contributed by atoms with Gasteiger partial charge < -0.3 is 24.9 Å². The standard InChI is InChI=1S/C23H19F2N3O5S/c1-11-9-15(20(24)25)27-23-17(11)18(19(34-23)21(26)29)28-22(30)16-8-7-14(33-16)10-32-13-5-3-12(31-2)4-6-13/h3-9,20H,10H2,1-2H3,(H2,26,29)(H,28,30). The summed E-state index contributed by atoms with van der Waals surface area (Å²) in [7, 11) is 1.56. The lowest BCUT2D eigenvalue weighted by atomic mass is 10.1. The number of fused-ring (bicyclic) bond motifs is 1. The van der Waals surface area contributed by atoms with Crippen LogP contribution >= 0.6 is 11.3 Å². The van der Waals surface area contributed by atoms with Gasteiger partial charge in [-0.2, -0.15) is 0 Å². The van der Waals surface area contributed by atoms with Gasteiger partial charge in [-0.05, 0) is 55.0 Å². The number of hydrogen-bond donors (Lipinski definition) is 2. The van der Waals surface area contributed by atoms with E-state index < -0.39 is 23.9 Å². The average molecular weight is 487 g/mol. The highest BCUT2D eigenvalue weighted by molar-refractivity contribution is 7.21. The van der Waals surface area contributed by atoms with Crippen LogP contribution < -0.4 is 20.5 Å². The molecule has 0 saturated carbocycles. The lowest BCUT2D eigenvalue weighted by Crippen LogP contribution is -2.16. The Morgan fingerprint density at radius 2 is 1.88 bits per heavy atom. The molecular formula is C23H19F2N3O5S. The molecule has 0 unspecified atom stereocenters. The van der Waals surface area contributed by atoms with Crippen molar-refractivity contribution in [3.05, 3.63) is 70.1 Å². The number of pyridine rings is 1. The van der Waals surface area contributed by atoms with Crippen LogP contribution in [0.2, 0.25) is 0 Å². The number of furan rings is 1. The maximum absolute atomic E-state index is 13.1. The van der Waals surface area contributed by atoms with Gasteiger partial charge in [-0.25, -0.2) is 13.8 Å². The first-order chi connectivity index (χ1) is 16.3. The summed E-state index contributed by atoms with van der Waals surface area (Å²) in [6, 6.07) is 11.2. The van der Waals surface area contributed by atoms with Crippen molar-refractivity contribution < 1.29 is 32.3 Å². The number of ether oxygens (including phenoxy) is 2. The molecule has 34 heavy (non-hydrogen) atoms. The zero-order valence-corrected chi connectivity index (χ0v) is 18.9. The Morgan fingerprint density at radius 1 is 1.18 bits per heavy atom. The number of carbonyl (C=O) groups is 2. The number of hydrogen-bond acceptors (Lipinski definition) is 7. The van der Waals surface area contributed by atoms with Gasteiger partial charge in [0.1, 0.15) is 39.3 Å². The maximum Gasteiger partial charge on any atom is 0.291 e. The van der Waals surface area contributed by atoms with Gasteiger partial charge in [-0.3, -0.25) is 9.59 Å². The molecule has 3 aromatic heterocycles. The molecule has 0 bridgehead atoms. The molecule has 2 amide bonds. The number of halogens is 2. The lowest BCUT2D eigenvalue weighted by molar-refractivity contribution is 0.0992. The molecule has 3 heterocycles. The number of anilines is 1. The van der Waals surface area contributed by atoms with Crippen LogP contribution in [0.3, 0.4) is 0 Å². The Balaban J connectivity index is 1.54. The SMILES string of the molecule is COc1ccc(OCc2ccc(C(=O)Nc3c(C(N)=O)sc4nc(C(F)F)cc(C)c34)o2)cc1. The highest BCUT2D eigenvalue weighted by atomic mass is 32.1. The average Bonchev–Trinajstić information content (AvgIpc) is 3.43. The van der Waals surface area contributed by atoms with Crippen molar-refractivity contribution in [2.45, 2.75) is 20.0 Å².